The molecule has 0 fully saturated rings. The maximum atomic E-state index is 12.7. The molecule has 0 radical (unpaired) electrons. The average Bonchev–Trinajstić information content (AvgIpc) is 2.79. The van der Waals surface area contributed by atoms with Crippen molar-refractivity contribution in [3.63, 3.8) is 0 Å². The van der Waals surface area contributed by atoms with Gasteiger partial charge in [-0.2, -0.15) is 0 Å². The van der Waals surface area contributed by atoms with E-state index in [4.69, 9.17) is 9.47 Å². The Hall–Kier alpha value is -2.44. The number of ether oxygens (including phenoxy) is 2. The summed E-state index contributed by atoms with van der Waals surface area (Å²) in [5.41, 5.74) is 2.13. The Morgan fingerprint density at radius 3 is 1.78 bits per heavy atom. The van der Waals surface area contributed by atoms with Gasteiger partial charge in [-0.05, 0) is 73.9 Å². The van der Waals surface area contributed by atoms with E-state index in [9.17, 15) is 9.59 Å². The van der Waals surface area contributed by atoms with Crippen LogP contribution >= 0.6 is 31.9 Å². The smallest absolute Gasteiger partial charge is 0.338 e. The Bertz CT molecular complexity index is 1020. The standard InChI is InChI=1S/C26H24Br2O4/c1-18(31-25(29)20-8-12-22(27)13-9-20)17-24(16-7-19-5-3-2-4-6-19)32-26(30)21-10-14-23(28)15-11-21/h2-6,8-15,18,24H,7,16-17H2,1H3/t18-,24-/m1/s1. The Labute approximate surface area is 205 Å². The molecule has 0 aromatic heterocycles. The molecule has 0 amide bonds. The fourth-order valence-electron chi connectivity index (χ4n) is 3.26. The third-order valence-electron chi connectivity index (χ3n) is 4.93. The average molecular weight is 560 g/mol. The fraction of sp³-hybridized carbons (Fsp3) is 0.231. The first-order valence-corrected chi connectivity index (χ1v) is 12.0. The van der Waals surface area contributed by atoms with Crippen LogP contribution in [0.25, 0.3) is 0 Å². The molecule has 3 aromatic carbocycles. The Morgan fingerprint density at radius 2 is 1.25 bits per heavy atom. The highest BCUT2D eigenvalue weighted by atomic mass is 79.9. The number of carbonyl (C=O) groups is 2. The van der Waals surface area contributed by atoms with Gasteiger partial charge in [0.05, 0.1) is 11.1 Å². The normalized spacial score (nSPS) is 12.6. The van der Waals surface area contributed by atoms with Gasteiger partial charge in [-0.3, -0.25) is 0 Å². The van der Waals surface area contributed by atoms with Crippen molar-refractivity contribution < 1.29 is 19.1 Å². The van der Waals surface area contributed by atoms with E-state index in [0.29, 0.717) is 24.0 Å². The third-order valence-corrected chi connectivity index (χ3v) is 5.99. The Balaban J connectivity index is 1.64. The highest BCUT2D eigenvalue weighted by molar-refractivity contribution is 9.10. The second-order valence-corrected chi connectivity index (χ2v) is 9.35. The zero-order valence-corrected chi connectivity index (χ0v) is 20.8. The van der Waals surface area contributed by atoms with Gasteiger partial charge in [-0.25, -0.2) is 9.59 Å². The summed E-state index contributed by atoms with van der Waals surface area (Å²) >= 11 is 6.73. The predicted octanol–water partition coefficient (Wildman–Crippen LogP) is 7.01. The molecule has 0 aliphatic heterocycles. The number of hydrogen-bond donors (Lipinski definition) is 0. The van der Waals surface area contributed by atoms with E-state index in [1.54, 1.807) is 48.5 Å². The monoisotopic (exact) mass is 558 g/mol. The van der Waals surface area contributed by atoms with Crippen molar-refractivity contribution in [3.8, 4) is 0 Å². The number of carbonyl (C=O) groups excluding carboxylic acids is 2. The summed E-state index contributed by atoms with van der Waals surface area (Å²) in [6.45, 7) is 1.82. The first-order chi connectivity index (χ1) is 15.4. The van der Waals surface area contributed by atoms with Crippen LogP contribution in [0.1, 0.15) is 46.0 Å². The molecular weight excluding hydrogens is 536 g/mol. The SMILES string of the molecule is C[C@H](C[C@@H](CCc1ccccc1)OC(=O)c1ccc(Br)cc1)OC(=O)c1ccc(Br)cc1. The van der Waals surface area contributed by atoms with Crippen molar-refractivity contribution in [2.45, 2.75) is 38.4 Å². The van der Waals surface area contributed by atoms with E-state index < -0.39 is 12.1 Å². The van der Waals surface area contributed by atoms with Crippen LogP contribution in [0.2, 0.25) is 0 Å². The van der Waals surface area contributed by atoms with E-state index in [1.165, 1.54) is 0 Å². The third kappa shape index (κ3) is 7.61. The Morgan fingerprint density at radius 1 is 0.750 bits per heavy atom. The van der Waals surface area contributed by atoms with E-state index in [0.717, 1.165) is 20.9 Å². The van der Waals surface area contributed by atoms with Crippen LogP contribution in [0.4, 0.5) is 0 Å². The van der Waals surface area contributed by atoms with Crippen LogP contribution in [0, 0.1) is 0 Å². The molecule has 2 atom stereocenters. The molecule has 3 rings (SSSR count). The summed E-state index contributed by atoms with van der Waals surface area (Å²) in [6.07, 6.45) is 1.000. The largest absolute Gasteiger partial charge is 0.459 e. The highest BCUT2D eigenvalue weighted by Crippen LogP contribution is 2.19. The first-order valence-electron chi connectivity index (χ1n) is 10.4. The minimum absolute atomic E-state index is 0.387. The molecule has 0 unspecified atom stereocenters. The molecule has 6 heteroatoms. The van der Waals surface area contributed by atoms with Gasteiger partial charge >= 0.3 is 11.9 Å². The molecule has 3 aromatic rings. The maximum Gasteiger partial charge on any atom is 0.338 e. The van der Waals surface area contributed by atoms with Crippen molar-refractivity contribution in [2.24, 2.45) is 0 Å². The molecule has 0 aliphatic rings. The quantitative estimate of drug-likeness (QED) is 0.265. The summed E-state index contributed by atoms with van der Waals surface area (Å²) in [5, 5.41) is 0. The highest BCUT2D eigenvalue weighted by Gasteiger charge is 2.22. The lowest BCUT2D eigenvalue weighted by Gasteiger charge is -2.22. The van der Waals surface area contributed by atoms with E-state index >= 15 is 0 Å². The summed E-state index contributed by atoms with van der Waals surface area (Å²) in [5.74, 6) is -0.784. The van der Waals surface area contributed by atoms with Gasteiger partial charge in [0.25, 0.3) is 0 Å². The number of esters is 2. The number of hydrogen-bond acceptors (Lipinski definition) is 4. The van der Waals surface area contributed by atoms with Crippen LogP contribution in [0.15, 0.2) is 87.8 Å². The molecule has 0 bridgehead atoms. The lowest BCUT2D eigenvalue weighted by Crippen LogP contribution is -2.26. The molecule has 0 heterocycles. The van der Waals surface area contributed by atoms with E-state index in [1.807, 2.05) is 37.3 Å². The van der Waals surface area contributed by atoms with Gasteiger partial charge in [0.1, 0.15) is 12.2 Å². The summed E-state index contributed by atoms with van der Waals surface area (Å²) in [6, 6.07) is 24.1. The van der Waals surface area contributed by atoms with E-state index in [2.05, 4.69) is 31.9 Å². The molecule has 166 valence electrons. The minimum atomic E-state index is -0.412. The lowest BCUT2D eigenvalue weighted by atomic mass is 10.0. The number of halogens is 2. The van der Waals surface area contributed by atoms with Gasteiger partial charge in [-0.1, -0.05) is 62.2 Å². The maximum absolute atomic E-state index is 12.7. The first kappa shape index (κ1) is 24.2. The van der Waals surface area contributed by atoms with Gasteiger partial charge in [0.2, 0.25) is 0 Å². The number of benzene rings is 3. The van der Waals surface area contributed by atoms with Crippen LogP contribution in [-0.2, 0) is 15.9 Å². The van der Waals surface area contributed by atoms with Crippen LogP contribution in [0.5, 0.6) is 0 Å². The molecule has 0 saturated heterocycles. The molecule has 32 heavy (non-hydrogen) atoms. The van der Waals surface area contributed by atoms with Crippen LogP contribution in [-0.4, -0.2) is 24.1 Å². The second kappa shape index (κ2) is 12.0. The van der Waals surface area contributed by atoms with Gasteiger partial charge in [-0.15, -0.1) is 0 Å². The molecule has 0 saturated carbocycles. The van der Waals surface area contributed by atoms with Gasteiger partial charge < -0.3 is 9.47 Å². The number of rotatable bonds is 9. The summed E-state index contributed by atoms with van der Waals surface area (Å²) in [4.78, 5) is 25.1. The lowest BCUT2D eigenvalue weighted by molar-refractivity contribution is 0.00181. The van der Waals surface area contributed by atoms with Gasteiger partial charge in [0, 0.05) is 15.4 Å². The molecule has 0 spiro atoms. The zero-order valence-electron chi connectivity index (χ0n) is 17.7. The predicted molar refractivity (Wildman–Crippen MR) is 132 cm³/mol. The molecule has 4 nitrogen and oxygen atoms in total. The summed E-state index contributed by atoms with van der Waals surface area (Å²) in [7, 11) is 0. The van der Waals surface area contributed by atoms with Crippen molar-refractivity contribution in [1.29, 1.82) is 0 Å². The molecule has 0 aliphatic carbocycles. The molecular formula is C26H24Br2O4. The van der Waals surface area contributed by atoms with Crippen molar-refractivity contribution in [3.05, 3.63) is 104 Å². The summed E-state index contributed by atoms with van der Waals surface area (Å²) < 4.78 is 13.2. The topological polar surface area (TPSA) is 52.6 Å². The van der Waals surface area contributed by atoms with Crippen LogP contribution < -0.4 is 0 Å². The molecule has 0 N–H and O–H groups in total. The van der Waals surface area contributed by atoms with Gasteiger partial charge in [0.15, 0.2) is 0 Å². The Kier molecular flexibility index (Phi) is 9.06. The fourth-order valence-corrected chi connectivity index (χ4v) is 3.79. The van der Waals surface area contributed by atoms with Crippen LogP contribution in [0.3, 0.4) is 0 Å². The second-order valence-electron chi connectivity index (χ2n) is 7.52. The minimum Gasteiger partial charge on any atom is -0.459 e. The van der Waals surface area contributed by atoms with Crippen molar-refractivity contribution in [1.82, 2.24) is 0 Å². The van der Waals surface area contributed by atoms with Crippen molar-refractivity contribution >= 4 is 43.8 Å². The van der Waals surface area contributed by atoms with Crippen molar-refractivity contribution in [2.75, 3.05) is 0 Å². The zero-order chi connectivity index (χ0) is 22.9. The van der Waals surface area contributed by atoms with E-state index in [-0.39, 0.29) is 12.1 Å². The number of aryl methyl sites for hydroxylation is 1.